The summed E-state index contributed by atoms with van der Waals surface area (Å²) in [6.07, 6.45) is 2.07. The number of methoxy groups -OCH3 is 1. The van der Waals surface area contributed by atoms with Gasteiger partial charge in [-0.1, -0.05) is 12.1 Å². The van der Waals surface area contributed by atoms with Crippen molar-refractivity contribution in [1.29, 1.82) is 0 Å². The van der Waals surface area contributed by atoms with E-state index in [2.05, 4.69) is 11.4 Å². The minimum absolute atomic E-state index is 0.292. The van der Waals surface area contributed by atoms with Crippen molar-refractivity contribution >= 4 is 5.57 Å². The molecule has 1 aromatic rings. The Labute approximate surface area is 82.4 Å². The molecule has 1 heterocycles. The summed E-state index contributed by atoms with van der Waals surface area (Å²) in [4.78, 5) is 0. The molecule has 1 aromatic carbocycles. The van der Waals surface area contributed by atoms with E-state index in [1.165, 1.54) is 13.2 Å². The molecule has 3 heteroatoms. The number of ether oxygens (including phenoxy) is 1. The number of hydrogen-bond acceptors (Lipinski definition) is 2. The Morgan fingerprint density at radius 3 is 2.86 bits per heavy atom. The van der Waals surface area contributed by atoms with E-state index in [-0.39, 0.29) is 5.82 Å². The first-order valence-corrected chi connectivity index (χ1v) is 4.55. The second-order valence-electron chi connectivity index (χ2n) is 3.21. The Hall–Kier alpha value is -1.35. The molecule has 0 bridgehead atoms. The lowest BCUT2D eigenvalue weighted by atomic mass is 10.1. The van der Waals surface area contributed by atoms with Crippen molar-refractivity contribution in [1.82, 2.24) is 5.32 Å². The van der Waals surface area contributed by atoms with E-state index in [0.29, 0.717) is 5.75 Å². The molecule has 0 fully saturated rings. The van der Waals surface area contributed by atoms with E-state index >= 15 is 0 Å². The summed E-state index contributed by atoms with van der Waals surface area (Å²) in [6.45, 7) is 1.68. The maximum atomic E-state index is 13.3. The summed E-state index contributed by atoms with van der Waals surface area (Å²) in [5, 5.41) is 3.17. The van der Waals surface area contributed by atoms with Gasteiger partial charge in [-0.25, -0.2) is 4.39 Å². The lowest BCUT2D eigenvalue weighted by Crippen LogP contribution is -2.07. The van der Waals surface area contributed by atoms with Crippen LogP contribution in [0.4, 0.5) is 4.39 Å². The van der Waals surface area contributed by atoms with Gasteiger partial charge in [0.05, 0.1) is 7.11 Å². The van der Waals surface area contributed by atoms with Gasteiger partial charge in [-0.2, -0.15) is 0 Å². The van der Waals surface area contributed by atoms with Gasteiger partial charge in [0.2, 0.25) is 0 Å². The molecule has 0 saturated carbocycles. The standard InChI is InChI=1S/C11H12FNO/c1-14-11-3-2-8(6-10(11)12)9-4-5-13-7-9/h2-4,6,13H,5,7H2,1H3. The van der Waals surface area contributed by atoms with E-state index in [1.54, 1.807) is 6.07 Å². The third-order valence-corrected chi connectivity index (χ3v) is 2.33. The molecule has 0 unspecified atom stereocenters. The molecule has 0 saturated heterocycles. The fourth-order valence-corrected chi connectivity index (χ4v) is 1.56. The third-order valence-electron chi connectivity index (χ3n) is 2.33. The zero-order valence-electron chi connectivity index (χ0n) is 8.01. The van der Waals surface area contributed by atoms with Crippen LogP contribution in [0.3, 0.4) is 0 Å². The highest BCUT2D eigenvalue weighted by Gasteiger charge is 2.09. The molecule has 2 nitrogen and oxygen atoms in total. The molecule has 0 aromatic heterocycles. The predicted molar refractivity (Wildman–Crippen MR) is 53.8 cm³/mol. The van der Waals surface area contributed by atoms with Crippen LogP contribution in [0.25, 0.3) is 5.57 Å². The Bertz CT molecular complexity index is 374. The molecule has 2 rings (SSSR count). The Kier molecular flexibility index (Phi) is 2.50. The quantitative estimate of drug-likeness (QED) is 0.773. The van der Waals surface area contributed by atoms with Crippen LogP contribution in [-0.4, -0.2) is 20.2 Å². The Morgan fingerprint density at radius 1 is 1.43 bits per heavy atom. The summed E-state index contributed by atoms with van der Waals surface area (Å²) >= 11 is 0. The van der Waals surface area contributed by atoms with Crippen LogP contribution in [0.2, 0.25) is 0 Å². The van der Waals surface area contributed by atoms with Gasteiger partial charge in [-0.3, -0.25) is 0 Å². The van der Waals surface area contributed by atoms with Crippen molar-refractivity contribution in [2.45, 2.75) is 0 Å². The first kappa shape index (κ1) is 9.21. The van der Waals surface area contributed by atoms with Gasteiger partial charge in [-0.15, -0.1) is 0 Å². The molecular formula is C11H12FNO. The SMILES string of the molecule is COc1ccc(C2=CCNC2)cc1F. The summed E-state index contributed by atoms with van der Waals surface area (Å²) in [7, 11) is 1.47. The largest absolute Gasteiger partial charge is 0.494 e. The zero-order valence-corrected chi connectivity index (χ0v) is 8.01. The summed E-state index contributed by atoms with van der Waals surface area (Å²) in [6, 6.07) is 5.04. The van der Waals surface area contributed by atoms with Gasteiger partial charge in [0.15, 0.2) is 11.6 Å². The van der Waals surface area contributed by atoms with Crippen LogP contribution in [0.1, 0.15) is 5.56 Å². The molecule has 0 atom stereocenters. The molecule has 74 valence electrons. The highest BCUT2D eigenvalue weighted by atomic mass is 19.1. The summed E-state index contributed by atoms with van der Waals surface area (Å²) < 4.78 is 18.2. The van der Waals surface area contributed by atoms with Crippen molar-refractivity contribution < 1.29 is 9.13 Å². The van der Waals surface area contributed by atoms with Gasteiger partial charge in [0, 0.05) is 13.1 Å². The molecule has 1 aliphatic heterocycles. The van der Waals surface area contributed by atoms with Crippen molar-refractivity contribution in [2.24, 2.45) is 0 Å². The Balaban J connectivity index is 2.32. The van der Waals surface area contributed by atoms with Gasteiger partial charge in [0.25, 0.3) is 0 Å². The number of hydrogen-bond donors (Lipinski definition) is 1. The number of nitrogens with one attached hydrogen (secondary N) is 1. The van der Waals surface area contributed by atoms with Gasteiger partial charge >= 0.3 is 0 Å². The van der Waals surface area contributed by atoms with Crippen LogP contribution in [0.5, 0.6) is 5.75 Å². The first-order chi connectivity index (χ1) is 6.81. The molecule has 0 amide bonds. The van der Waals surface area contributed by atoms with Gasteiger partial charge in [-0.05, 0) is 23.3 Å². The van der Waals surface area contributed by atoms with Crippen molar-refractivity contribution in [3.05, 3.63) is 35.7 Å². The molecule has 1 aliphatic rings. The van der Waals surface area contributed by atoms with Crippen LogP contribution in [0, 0.1) is 5.82 Å². The topological polar surface area (TPSA) is 21.3 Å². The van der Waals surface area contributed by atoms with Gasteiger partial charge in [0.1, 0.15) is 0 Å². The zero-order chi connectivity index (χ0) is 9.97. The second kappa shape index (κ2) is 3.80. The minimum Gasteiger partial charge on any atom is -0.494 e. The van der Waals surface area contributed by atoms with Crippen LogP contribution in [0.15, 0.2) is 24.3 Å². The summed E-state index contributed by atoms with van der Waals surface area (Å²) in [5.41, 5.74) is 2.07. The lowest BCUT2D eigenvalue weighted by molar-refractivity contribution is 0.386. The highest BCUT2D eigenvalue weighted by molar-refractivity contribution is 5.69. The minimum atomic E-state index is -0.308. The smallest absolute Gasteiger partial charge is 0.165 e. The van der Waals surface area contributed by atoms with E-state index in [9.17, 15) is 4.39 Å². The third kappa shape index (κ3) is 1.63. The lowest BCUT2D eigenvalue weighted by Gasteiger charge is -2.05. The van der Waals surface area contributed by atoms with Crippen LogP contribution in [-0.2, 0) is 0 Å². The van der Waals surface area contributed by atoms with Crippen LogP contribution < -0.4 is 10.1 Å². The summed E-state index contributed by atoms with van der Waals surface area (Å²) in [5.74, 6) is -0.0156. The van der Waals surface area contributed by atoms with E-state index in [1.807, 2.05) is 6.07 Å². The molecule has 14 heavy (non-hydrogen) atoms. The van der Waals surface area contributed by atoms with Crippen molar-refractivity contribution in [3.8, 4) is 5.75 Å². The molecule has 0 radical (unpaired) electrons. The maximum absolute atomic E-state index is 13.3. The average molecular weight is 193 g/mol. The first-order valence-electron chi connectivity index (χ1n) is 4.55. The van der Waals surface area contributed by atoms with E-state index in [4.69, 9.17) is 4.74 Å². The van der Waals surface area contributed by atoms with Crippen molar-refractivity contribution in [2.75, 3.05) is 20.2 Å². The fraction of sp³-hybridized carbons (Fsp3) is 0.273. The fourth-order valence-electron chi connectivity index (χ4n) is 1.56. The normalized spacial score (nSPS) is 15.4. The highest BCUT2D eigenvalue weighted by Crippen LogP contribution is 2.23. The van der Waals surface area contributed by atoms with Crippen LogP contribution >= 0.6 is 0 Å². The molecular weight excluding hydrogens is 181 g/mol. The number of halogens is 1. The van der Waals surface area contributed by atoms with E-state index < -0.39 is 0 Å². The number of benzene rings is 1. The monoisotopic (exact) mass is 193 g/mol. The second-order valence-corrected chi connectivity index (χ2v) is 3.21. The maximum Gasteiger partial charge on any atom is 0.165 e. The predicted octanol–water partition coefficient (Wildman–Crippen LogP) is 1.82. The van der Waals surface area contributed by atoms with Gasteiger partial charge < -0.3 is 10.1 Å². The number of rotatable bonds is 2. The average Bonchev–Trinajstić information content (AvgIpc) is 2.70. The molecule has 0 spiro atoms. The Morgan fingerprint density at radius 2 is 2.29 bits per heavy atom. The molecule has 0 aliphatic carbocycles. The molecule has 1 N–H and O–H groups in total. The van der Waals surface area contributed by atoms with Crippen molar-refractivity contribution in [3.63, 3.8) is 0 Å². The van der Waals surface area contributed by atoms with E-state index in [0.717, 1.165) is 24.2 Å².